The minimum Gasteiger partial charge on any atom is -0.491 e. The van der Waals surface area contributed by atoms with Crippen molar-refractivity contribution >= 4 is 42.6 Å². The molecule has 0 spiro atoms. The van der Waals surface area contributed by atoms with Gasteiger partial charge in [0.15, 0.2) is 5.13 Å². The summed E-state index contributed by atoms with van der Waals surface area (Å²) in [4.78, 5) is 17.4. The van der Waals surface area contributed by atoms with Gasteiger partial charge in [-0.1, -0.05) is 39.0 Å². The standard InChI is InChI=1S/C25H33N3O4S2/c1-16(2)14-28(15-17(3)4)34(30,31)21-11-12-22-23(13-21)33-25(26-22)27-24(29)19-7-9-20(10-8-19)32-18(5)6/h7-13,16-18H,14-15H2,1-6H3,(H,26,27,29). The fraction of sp³-hybridized carbons (Fsp3) is 0.440. The highest BCUT2D eigenvalue weighted by molar-refractivity contribution is 7.89. The number of carbonyl (C=O) groups excluding carboxylic acids is 1. The minimum atomic E-state index is -3.64. The second kappa shape index (κ2) is 10.8. The molecule has 3 aromatic rings. The Morgan fingerprint density at radius 1 is 1.00 bits per heavy atom. The van der Waals surface area contributed by atoms with Gasteiger partial charge in [-0.15, -0.1) is 0 Å². The van der Waals surface area contributed by atoms with Crippen LogP contribution in [0.15, 0.2) is 47.4 Å². The number of carbonyl (C=O) groups is 1. The van der Waals surface area contributed by atoms with E-state index in [9.17, 15) is 13.2 Å². The zero-order valence-corrected chi connectivity index (χ0v) is 22.2. The maximum absolute atomic E-state index is 13.3. The van der Waals surface area contributed by atoms with Gasteiger partial charge in [-0.25, -0.2) is 13.4 Å². The van der Waals surface area contributed by atoms with Gasteiger partial charge in [0.05, 0.1) is 21.2 Å². The third-order valence-corrected chi connectivity index (χ3v) is 7.61. The van der Waals surface area contributed by atoms with E-state index in [2.05, 4.69) is 10.3 Å². The Labute approximate surface area is 206 Å². The molecule has 0 bridgehead atoms. The molecular weight excluding hydrogens is 470 g/mol. The number of fused-ring (bicyclic) bond motifs is 1. The lowest BCUT2D eigenvalue weighted by atomic mass is 10.2. The summed E-state index contributed by atoms with van der Waals surface area (Å²) in [5.41, 5.74) is 1.12. The summed E-state index contributed by atoms with van der Waals surface area (Å²) >= 11 is 1.25. The van der Waals surface area contributed by atoms with E-state index < -0.39 is 10.0 Å². The molecule has 184 valence electrons. The molecule has 0 saturated heterocycles. The summed E-state index contributed by atoms with van der Waals surface area (Å²) < 4.78 is 34.5. The summed E-state index contributed by atoms with van der Waals surface area (Å²) in [6, 6.07) is 11.8. The van der Waals surface area contributed by atoms with Crippen molar-refractivity contribution in [2.45, 2.75) is 52.5 Å². The average Bonchev–Trinajstić information content (AvgIpc) is 3.14. The van der Waals surface area contributed by atoms with Gasteiger partial charge in [0, 0.05) is 18.7 Å². The predicted molar refractivity (Wildman–Crippen MR) is 138 cm³/mol. The van der Waals surface area contributed by atoms with Gasteiger partial charge in [-0.05, 0) is 68.1 Å². The van der Waals surface area contributed by atoms with Crippen LogP contribution in [-0.2, 0) is 10.0 Å². The number of ether oxygens (including phenoxy) is 1. The Hall–Kier alpha value is -2.49. The molecule has 1 heterocycles. The minimum absolute atomic E-state index is 0.0546. The SMILES string of the molecule is CC(C)CN(CC(C)C)S(=O)(=O)c1ccc2nc(NC(=O)c3ccc(OC(C)C)cc3)sc2c1. The van der Waals surface area contributed by atoms with Crippen molar-refractivity contribution in [2.75, 3.05) is 18.4 Å². The van der Waals surface area contributed by atoms with E-state index in [0.29, 0.717) is 39.8 Å². The number of sulfonamides is 1. The number of thiazole rings is 1. The van der Waals surface area contributed by atoms with Crippen molar-refractivity contribution < 1.29 is 17.9 Å². The zero-order chi connectivity index (χ0) is 25.0. The third-order valence-electron chi connectivity index (χ3n) is 4.84. The normalized spacial score (nSPS) is 12.3. The summed E-state index contributed by atoms with van der Waals surface area (Å²) in [5.74, 6) is 0.842. The van der Waals surface area contributed by atoms with E-state index >= 15 is 0 Å². The zero-order valence-electron chi connectivity index (χ0n) is 20.5. The Balaban J connectivity index is 1.81. The van der Waals surface area contributed by atoms with Gasteiger partial charge < -0.3 is 4.74 Å². The predicted octanol–water partition coefficient (Wildman–Crippen LogP) is 5.64. The molecule has 1 N–H and O–H groups in total. The molecule has 0 fully saturated rings. The van der Waals surface area contributed by atoms with E-state index in [1.165, 1.54) is 11.3 Å². The maximum atomic E-state index is 13.3. The lowest BCUT2D eigenvalue weighted by Crippen LogP contribution is -2.37. The summed E-state index contributed by atoms with van der Waals surface area (Å²) in [6.07, 6.45) is 0.0546. The molecule has 9 heteroatoms. The highest BCUT2D eigenvalue weighted by atomic mass is 32.2. The molecule has 0 radical (unpaired) electrons. The molecule has 3 rings (SSSR count). The van der Waals surface area contributed by atoms with Crippen LogP contribution in [0.25, 0.3) is 10.2 Å². The van der Waals surface area contributed by atoms with Gasteiger partial charge in [-0.3, -0.25) is 10.1 Å². The highest BCUT2D eigenvalue weighted by Gasteiger charge is 2.26. The highest BCUT2D eigenvalue weighted by Crippen LogP contribution is 2.30. The largest absolute Gasteiger partial charge is 0.491 e. The summed E-state index contributed by atoms with van der Waals surface area (Å²) in [6.45, 7) is 12.8. The van der Waals surface area contributed by atoms with Crippen LogP contribution in [0.3, 0.4) is 0 Å². The van der Waals surface area contributed by atoms with E-state index in [1.807, 2.05) is 41.5 Å². The van der Waals surface area contributed by atoms with Crippen LogP contribution in [0.1, 0.15) is 51.9 Å². The van der Waals surface area contributed by atoms with E-state index in [0.717, 1.165) is 0 Å². The Kier molecular flexibility index (Phi) is 8.33. The smallest absolute Gasteiger partial charge is 0.257 e. The first-order valence-corrected chi connectivity index (χ1v) is 13.7. The van der Waals surface area contributed by atoms with Crippen LogP contribution >= 0.6 is 11.3 Å². The van der Waals surface area contributed by atoms with E-state index in [4.69, 9.17) is 4.74 Å². The van der Waals surface area contributed by atoms with Crippen molar-refractivity contribution in [3.8, 4) is 5.75 Å². The Bertz CT molecular complexity index is 1220. The number of benzene rings is 2. The van der Waals surface area contributed by atoms with E-state index in [1.54, 1.807) is 46.8 Å². The average molecular weight is 504 g/mol. The van der Waals surface area contributed by atoms with Crippen molar-refractivity contribution in [1.29, 1.82) is 0 Å². The summed E-state index contributed by atoms with van der Waals surface area (Å²) in [7, 11) is -3.64. The molecule has 0 unspecified atom stereocenters. The number of nitrogens with zero attached hydrogens (tertiary/aromatic N) is 2. The molecule has 7 nitrogen and oxygen atoms in total. The molecule has 0 aliphatic carbocycles. The van der Waals surface area contributed by atoms with Gasteiger partial charge >= 0.3 is 0 Å². The molecular formula is C25H33N3O4S2. The Morgan fingerprint density at radius 2 is 1.62 bits per heavy atom. The number of anilines is 1. The van der Waals surface area contributed by atoms with Crippen LogP contribution in [-0.4, -0.2) is 42.8 Å². The van der Waals surface area contributed by atoms with Gasteiger partial charge in [0.25, 0.3) is 5.91 Å². The van der Waals surface area contributed by atoms with Crippen LogP contribution in [0.5, 0.6) is 5.75 Å². The summed E-state index contributed by atoms with van der Waals surface area (Å²) in [5, 5.41) is 3.22. The van der Waals surface area contributed by atoms with Gasteiger partial charge in [-0.2, -0.15) is 4.31 Å². The lowest BCUT2D eigenvalue weighted by molar-refractivity contribution is 0.102. The Morgan fingerprint density at radius 3 is 2.18 bits per heavy atom. The molecule has 0 aliphatic rings. The molecule has 2 aromatic carbocycles. The fourth-order valence-corrected chi connectivity index (χ4v) is 6.25. The molecule has 0 saturated carbocycles. The molecule has 0 aliphatic heterocycles. The first-order chi connectivity index (χ1) is 16.0. The fourth-order valence-electron chi connectivity index (χ4n) is 3.48. The molecule has 34 heavy (non-hydrogen) atoms. The van der Waals surface area contributed by atoms with Crippen molar-refractivity contribution in [1.82, 2.24) is 9.29 Å². The van der Waals surface area contributed by atoms with Crippen LogP contribution in [0.2, 0.25) is 0 Å². The number of hydrogen-bond acceptors (Lipinski definition) is 6. The topological polar surface area (TPSA) is 88.6 Å². The number of rotatable bonds is 10. The molecule has 1 amide bonds. The third kappa shape index (κ3) is 6.55. The van der Waals surface area contributed by atoms with Crippen LogP contribution in [0, 0.1) is 11.8 Å². The number of nitrogens with one attached hydrogen (secondary N) is 1. The first-order valence-electron chi connectivity index (χ1n) is 11.4. The van der Waals surface area contributed by atoms with Crippen molar-refractivity contribution in [3.63, 3.8) is 0 Å². The van der Waals surface area contributed by atoms with Crippen LogP contribution in [0.4, 0.5) is 5.13 Å². The van der Waals surface area contributed by atoms with Crippen molar-refractivity contribution in [2.24, 2.45) is 11.8 Å². The van der Waals surface area contributed by atoms with Crippen molar-refractivity contribution in [3.05, 3.63) is 48.0 Å². The van der Waals surface area contributed by atoms with Crippen LogP contribution < -0.4 is 10.1 Å². The second-order valence-electron chi connectivity index (χ2n) is 9.40. The number of aromatic nitrogens is 1. The number of amides is 1. The van der Waals surface area contributed by atoms with E-state index in [-0.39, 0.29) is 28.7 Å². The molecule has 1 aromatic heterocycles. The quantitative estimate of drug-likeness (QED) is 0.387. The lowest BCUT2D eigenvalue weighted by Gasteiger charge is -2.25. The monoisotopic (exact) mass is 503 g/mol. The maximum Gasteiger partial charge on any atom is 0.257 e. The molecule has 0 atom stereocenters. The number of hydrogen-bond donors (Lipinski definition) is 1. The second-order valence-corrected chi connectivity index (χ2v) is 12.4. The van der Waals surface area contributed by atoms with Gasteiger partial charge in [0.1, 0.15) is 5.75 Å². The first kappa shape index (κ1) is 26.1. The van der Waals surface area contributed by atoms with Gasteiger partial charge in [0.2, 0.25) is 10.0 Å².